The first-order chi connectivity index (χ1) is 6.25. The lowest BCUT2D eigenvalue weighted by Gasteiger charge is -2.04. The number of fused-ring (bicyclic) bond motifs is 1. The van der Waals surface area contributed by atoms with Gasteiger partial charge in [0.2, 0.25) is 0 Å². The molecule has 1 N–H and O–H groups in total. The summed E-state index contributed by atoms with van der Waals surface area (Å²) in [5, 5.41) is 9.29. The molecule has 1 unspecified atom stereocenters. The van der Waals surface area contributed by atoms with Crippen LogP contribution in [0.15, 0.2) is 24.3 Å². The maximum absolute atomic E-state index is 9.29. The van der Waals surface area contributed by atoms with E-state index in [0.717, 1.165) is 12.8 Å². The zero-order valence-electron chi connectivity index (χ0n) is 7.40. The van der Waals surface area contributed by atoms with Gasteiger partial charge in [-0.05, 0) is 29.7 Å². The second-order valence-corrected chi connectivity index (χ2v) is 3.44. The van der Waals surface area contributed by atoms with Crippen LogP contribution in [0.2, 0.25) is 5.82 Å². The quantitative estimate of drug-likeness (QED) is 0.592. The summed E-state index contributed by atoms with van der Waals surface area (Å²) in [4.78, 5) is 0. The number of hydrogen-bond donors (Lipinski definition) is 1. The lowest BCUT2D eigenvalue weighted by molar-refractivity contribution is 0.474. The standard InChI is InChI=1S/C11H11BO/c12-10-4-1-8-3-6-11(13)7-9(8)2-5-10/h1,3-4,6-7,10,13H,2,5H2. The summed E-state index contributed by atoms with van der Waals surface area (Å²) in [5.74, 6) is 0.483. The average Bonchev–Trinajstić information content (AvgIpc) is 2.29. The smallest absolute Gasteiger partial charge is 0.115 e. The Hall–Kier alpha value is -1.18. The van der Waals surface area contributed by atoms with Crippen LogP contribution in [0.3, 0.4) is 0 Å². The van der Waals surface area contributed by atoms with Crippen LogP contribution in [-0.2, 0) is 6.42 Å². The fourth-order valence-electron chi connectivity index (χ4n) is 1.62. The molecular formula is C11H11BO. The van der Waals surface area contributed by atoms with Gasteiger partial charge in [-0.2, -0.15) is 0 Å². The minimum absolute atomic E-state index is 0.148. The number of phenolic OH excluding ortho intramolecular Hbond substituents is 1. The normalized spacial score (nSPS) is 20.8. The van der Waals surface area contributed by atoms with Crippen molar-refractivity contribution in [2.75, 3.05) is 0 Å². The summed E-state index contributed by atoms with van der Waals surface area (Å²) >= 11 is 0. The molecule has 0 saturated carbocycles. The molecule has 1 aromatic rings. The fraction of sp³-hybridized carbons (Fsp3) is 0.273. The highest BCUT2D eigenvalue weighted by molar-refractivity contribution is 6.13. The van der Waals surface area contributed by atoms with Crippen molar-refractivity contribution in [2.45, 2.75) is 18.7 Å². The third kappa shape index (κ3) is 1.77. The molecule has 2 rings (SSSR count). The number of aryl methyl sites for hydroxylation is 1. The van der Waals surface area contributed by atoms with Crippen molar-refractivity contribution in [1.82, 2.24) is 0 Å². The van der Waals surface area contributed by atoms with Gasteiger partial charge in [0.25, 0.3) is 0 Å². The minimum Gasteiger partial charge on any atom is -0.508 e. The average molecular weight is 170 g/mol. The SMILES string of the molecule is [B]C1C=Cc2ccc(O)cc2CC1. The Morgan fingerprint density at radius 2 is 2.23 bits per heavy atom. The molecule has 0 fully saturated rings. The maximum atomic E-state index is 9.29. The Morgan fingerprint density at radius 1 is 1.38 bits per heavy atom. The Balaban J connectivity index is 2.41. The zero-order valence-corrected chi connectivity index (χ0v) is 7.40. The lowest BCUT2D eigenvalue weighted by Crippen LogP contribution is -1.90. The maximum Gasteiger partial charge on any atom is 0.115 e. The van der Waals surface area contributed by atoms with Gasteiger partial charge in [-0.15, -0.1) is 0 Å². The second kappa shape index (κ2) is 3.29. The number of benzene rings is 1. The molecule has 1 aromatic carbocycles. The highest BCUT2D eigenvalue weighted by Crippen LogP contribution is 2.25. The first kappa shape index (κ1) is 8.42. The predicted octanol–water partition coefficient (Wildman–Crippen LogP) is 2.31. The van der Waals surface area contributed by atoms with Gasteiger partial charge in [-0.1, -0.05) is 30.5 Å². The van der Waals surface area contributed by atoms with Gasteiger partial charge in [0.05, 0.1) is 7.85 Å². The topological polar surface area (TPSA) is 20.2 Å². The van der Waals surface area contributed by atoms with E-state index in [-0.39, 0.29) is 5.82 Å². The van der Waals surface area contributed by atoms with Gasteiger partial charge in [-0.3, -0.25) is 0 Å². The van der Waals surface area contributed by atoms with Crippen LogP contribution in [0.4, 0.5) is 0 Å². The van der Waals surface area contributed by atoms with Crippen molar-refractivity contribution in [2.24, 2.45) is 0 Å². The minimum atomic E-state index is 0.148. The third-order valence-electron chi connectivity index (χ3n) is 2.40. The number of rotatable bonds is 0. The van der Waals surface area contributed by atoms with Gasteiger partial charge in [-0.25, -0.2) is 0 Å². The number of aromatic hydroxyl groups is 1. The third-order valence-corrected chi connectivity index (χ3v) is 2.40. The Bertz CT molecular complexity index is 344. The summed E-state index contributed by atoms with van der Waals surface area (Å²) < 4.78 is 0. The summed E-state index contributed by atoms with van der Waals surface area (Å²) in [5.41, 5.74) is 2.36. The molecule has 0 aromatic heterocycles. The van der Waals surface area contributed by atoms with E-state index in [0.29, 0.717) is 5.75 Å². The van der Waals surface area contributed by atoms with Crippen molar-refractivity contribution >= 4 is 13.9 Å². The van der Waals surface area contributed by atoms with Gasteiger partial charge in [0.15, 0.2) is 0 Å². The van der Waals surface area contributed by atoms with Gasteiger partial charge in [0.1, 0.15) is 5.75 Å². The molecule has 1 nitrogen and oxygen atoms in total. The van der Waals surface area contributed by atoms with E-state index in [1.54, 1.807) is 6.07 Å². The van der Waals surface area contributed by atoms with E-state index < -0.39 is 0 Å². The first-order valence-corrected chi connectivity index (χ1v) is 4.51. The van der Waals surface area contributed by atoms with Crippen molar-refractivity contribution in [3.8, 4) is 5.75 Å². The molecule has 2 heteroatoms. The molecule has 0 heterocycles. The van der Waals surface area contributed by atoms with Crippen molar-refractivity contribution in [1.29, 1.82) is 0 Å². The zero-order chi connectivity index (χ0) is 9.26. The molecule has 13 heavy (non-hydrogen) atoms. The Labute approximate surface area is 79.5 Å². The van der Waals surface area contributed by atoms with Gasteiger partial charge >= 0.3 is 0 Å². The predicted molar refractivity (Wildman–Crippen MR) is 55.0 cm³/mol. The molecule has 1 aliphatic rings. The first-order valence-electron chi connectivity index (χ1n) is 4.51. The molecule has 2 radical (unpaired) electrons. The second-order valence-electron chi connectivity index (χ2n) is 3.44. The molecule has 0 spiro atoms. The lowest BCUT2D eigenvalue weighted by atomic mass is 9.83. The molecule has 1 aliphatic carbocycles. The fourth-order valence-corrected chi connectivity index (χ4v) is 1.62. The molecule has 0 saturated heterocycles. The summed E-state index contributed by atoms with van der Waals surface area (Å²) in [7, 11) is 5.80. The van der Waals surface area contributed by atoms with Crippen LogP contribution in [0.25, 0.3) is 6.08 Å². The summed E-state index contributed by atoms with van der Waals surface area (Å²) in [6.45, 7) is 0. The van der Waals surface area contributed by atoms with E-state index in [2.05, 4.69) is 0 Å². The molecule has 64 valence electrons. The van der Waals surface area contributed by atoms with E-state index in [1.165, 1.54) is 11.1 Å². The number of phenols is 1. The monoisotopic (exact) mass is 170 g/mol. The van der Waals surface area contributed by atoms with Crippen LogP contribution in [0.1, 0.15) is 17.5 Å². The van der Waals surface area contributed by atoms with Crippen LogP contribution >= 0.6 is 0 Å². The molecule has 0 bridgehead atoms. The van der Waals surface area contributed by atoms with E-state index in [1.807, 2.05) is 24.3 Å². The van der Waals surface area contributed by atoms with E-state index >= 15 is 0 Å². The molecule has 0 amide bonds. The highest BCUT2D eigenvalue weighted by atomic mass is 16.3. The van der Waals surface area contributed by atoms with Crippen LogP contribution in [-0.4, -0.2) is 13.0 Å². The van der Waals surface area contributed by atoms with E-state index in [9.17, 15) is 5.11 Å². The molecular weight excluding hydrogens is 159 g/mol. The Morgan fingerprint density at radius 3 is 3.08 bits per heavy atom. The summed E-state index contributed by atoms with van der Waals surface area (Å²) in [6, 6.07) is 5.46. The highest BCUT2D eigenvalue weighted by Gasteiger charge is 2.07. The van der Waals surface area contributed by atoms with Crippen LogP contribution in [0, 0.1) is 0 Å². The van der Waals surface area contributed by atoms with Crippen LogP contribution < -0.4 is 0 Å². The van der Waals surface area contributed by atoms with Crippen molar-refractivity contribution in [3.05, 3.63) is 35.4 Å². The van der Waals surface area contributed by atoms with E-state index in [4.69, 9.17) is 7.85 Å². The summed E-state index contributed by atoms with van der Waals surface area (Å²) in [6.07, 6.45) is 5.94. The molecule has 1 atom stereocenters. The number of hydrogen-bond acceptors (Lipinski definition) is 1. The largest absolute Gasteiger partial charge is 0.508 e. The van der Waals surface area contributed by atoms with Crippen molar-refractivity contribution in [3.63, 3.8) is 0 Å². The molecule has 0 aliphatic heterocycles. The van der Waals surface area contributed by atoms with Gasteiger partial charge in [0, 0.05) is 0 Å². The van der Waals surface area contributed by atoms with Gasteiger partial charge < -0.3 is 5.11 Å². The number of allylic oxidation sites excluding steroid dienone is 1. The van der Waals surface area contributed by atoms with Crippen molar-refractivity contribution < 1.29 is 5.11 Å². The van der Waals surface area contributed by atoms with Crippen LogP contribution in [0.5, 0.6) is 5.75 Å². The Kier molecular flexibility index (Phi) is 2.13.